The second-order valence-corrected chi connectivity index (χ2v) is 8.17. The quantitative estimate of drug-likeness (QED) is 0.288. The molecule has 3 aromatic rings. The number of anilines is 1. The van der Waals surface area contributed by atoms with E-state index in [0.717, 1.165) is 0 Å². The monoisotopic (exact) mass is 489 g/mol. The van der Waals surface area contributed by atoms with Gasteiger partial charge in [0.1, 0.15) is 0 Å². The third kappa shape index (κ3) is 6.82. The zero-order valence-electron chi connectivity index (χ0n) is 16.7. The maximum Gasteiger partial charge on any atom is 0.307 e. The molecule has 0 radical (unpaired) electrons. The highest BCUT2D eigenvalue weighted by Gasteiger charge is 2.25. The Morgan fingerprint density at radius 3 is 2.03 bits per heavy atom. The highest BCUT2D eigenvalue weighted by Crippen LogP contribution is 2.25. The van der Waals surface area contributed by atoms with Gasteiger partial charge in [-0.25, -0.2) is 0 Å². The van der Waals surface area contributed by atoms with E-state index in [0.29, 0.717) is 31.9 Å². The van der Waals surface area contributed by atoms with Gasteiger partial charge in [0.05, 0.1) is 6.42 Å². The summed E-state index contributed by atoms with van der Waals surface area (Å²) < 4.78 is 5.45. The lowest BCUT2D eigenvalue weighted by molar-refractivity contribution is -0.154. The molecule has 0 spiro atoms. The molecule has 3 rings (SSSR count). The summed E-state index contributed by atoms with van der Waals surface area (Å²) in [5.41, 5.74) is 1.29. The summed E-state index contributed by atoms with van der Waals surface area (Å²) >= 11 is 17.8. The van der Waals surface area contributed by atoms with Crippen molar-refractivity contribution in [1.29, 1.82) is 0 Å². The molecule has 8 heteroatoms. The molecule has 164 valence electrons. The van der Waals surface area contributed by atoms with Crippen LogP contribution in [0.1, 0.15) is 34.9 Å². The van der Waals surface area contributed by atoms with E-state index in [2.05, 4.69) is 5.32 Å². The number of halogens is 3. The van der Waals surface area contributed by atoms with E-state index in [9.17, 15) is 14.4 Å². The van der Waals surface area contributed by atoms with Gasteiger partial charge in [-0.2, -0.15) is 0 Å². The van der Waals surface area contributed by atoms with Gasteiger partial charge in [0.15, 0.2) is 5.78 Å². The summed E-state index contributed by atoms with van der Waals surface area (Å²) in [6, 6.07) is 19.5. The van der Waals surface area contributed by atoms with Crippen LogP contribution in [0, 0.1) is 0 Å². The van der Waals surface area contributed by atoms with Crippen LogP contribution in [0.25, 0.3) is 0 Å². The molecule has 0 unspecified atom stereocenters. The number of ketones is 1. The molecule has 1 atom stereocenters. The van der Waals surface area contributed by atoms with Crippen molar-refractivity contribution in [2.24, 2.45) is 0 Å². The maximum absolute atomic E-state index is 12.9. The van der Waals surface area contributed by atoms with E-state index >= 15 is 0 Å². The van der Waals surface area contributed by atoms with Crippen molar-refractivity contribution in [3.63, 3.8) is 0 Å². The van der Waals surface area contributed by atoms with Crippen molar-refractivity contribution in [2.45, 2.75) is 18.9 Å². The van der Waals surface area contributed by atoms with Crippen molar-refractivity contribution in [3.8, 4) is 0 Å². The number of Topliss-reactive ketones (excluding diaryl/α,β-unsaturated/α-hetero) is 1. The minimum atomic E-state index is -1.22. The highest BCUT2D eigenvalue weighted by atomic mass is 35.5. The topological polar surface area (TPSA) is 72.5 Å². The SMILES string of the molecule is O=C(CCC(=O)c1ccc(Cl)cc1)O[C@@H](C(=O)Nc1cc(Cl)cc(Cl)c1)c1ccccc1. The van der Waals surface area contributed by atoms with Crippen molar-refractivity contribution in [2.75, 3.05) is 5.32 Å². The van der Waals surface area contributed by atoms with Gasteiger partial charge in [-0.15, -0.1) is 0 Å². The Morgan fingerprint density at radius 2 is 1.41 bits per heavy atom. The number of ether oxygens (including phenoxy) is 1. The fraction of sp³-hybridized carbons (Fsp3) is 0.125. The van der Waals surface area contributed by atoms with E-state index in [4.69, 9.17) is 39.5 Å². The fourth-order valence-electron chi connectivity index (χ4n) is 2.92. The summed E-state index contributed by atoms with van der Waals surface area (Å²) in [4.78, 5) is 37.7. The minimum absolute atomic E-state index is 0.0620. The highest BCUT2D eigenvalue weighted by molar-refractivity contribution is 6.35. The van der Waals surface area contributed by atoms with Crippen LogP contribution in [-0.4, -0.2) is 17.7 Å². The number of hydrogen-bond donors (Lipinski definition) is 1. The van der Waals surface area contributed by atoms with Gasteiger partial charge in [0, 0.05) is 38.3 Å². The molecule has 0 aromatic heterocycles. The number of carbonyl (C=O) groups excluding carboxylic acids is 3. The molecule has 0 aliphatic carbocycles. The Hall–Kier alpha value is -2.86. The van der Waals surface area contributed by atoms with E-state index in [-0.39, 0.29) is 18.6 Å². The Labute approximate surface area is 200 Å². The number of carbonyl (C=O) groups is 3. The van der Waals surface area contributed by atoms with Crippen molar-refractivity contribution in [1.82, 2.24) is 0 Å². The molecular formula is C24H18Cl3NO4. The molecule has 0 saturated heterocycles. The second-order valence-electron chi connectivity index (χ2n) is 6.86. The molecular weight excluding hydrogens is 473 g/mol. The van der Waals surface area contributed by atoms with Crippen LogP contribution in [0.2, 0.25) is 15.1 Å². The molecule has 32 heavy (non-hydrogen) atoms. The van der Waals surface area contributed by atoms with Gasteiger partial charge < -0.3 is 10.1 Å². The van der Waals surface area contributed by atoms with Gasteiger partial charge in [0.2, 0.25) is 6.10 Å². The summed E-state index contributed by atoms with van der Waals surface area (Å²) in [7, 11) is 0. The molecule has 0 aliphatic heterocycles. The number of rotatable bonds is 8. The summed E-state index contributed by atoms with van der Waals surface area (Å²) in [6.07, 6.45) is -1.46. The first-order valence-corrected chi connectivity index (χ1v) is 10.8. The van der Waals surface area contributed by atoms with Crippen molar-refractivity contribution in [3.05, 3.63) is 99.0 Å². The molecule has 1 N–H and O–H groups in total. The third-order valence-corrected chi connectivity index (χ3v) is 5.13. The largest absolute Gasteiger partial charge is 0.447 e. The van der Waals surface area contributed by atoms with Crippen LogP contribution in [0.15, 0.2) is 72.8 Å². The zero-order valence-corrected chi connectivity index (χ0v) is 19.0. The van der Waals surface area contributed by atoms with Gasteiger partial charge in [-0.05, 0) is 42.5 Å². The molecule has 3 aromatic carbocycles. The van der Waals surface area contributed by atoms with Crippen LogP contribution in [-0.2, 0) is 14.3 Å². The molecule has 0 aliphatic rings. The summed E-state index contributed by atoms with van der Waals surface area (Å²) in [5.74, 6) is -1.49. The smallest absolute Gasteiger partial charge is 0.307 e. The summed E-state index contributed by atoms with van der Waals surface area (Å²) in [6.45, 7) is 0. The molecule has 0 bridgehead atoms. The Kier molecular flexibility index (Phi) is 8.28. The third-order valence-electron chi connectivity index (χ3n) is 4.44. The lowest BCUT2D eigenvalue weighted by Crippen LogP contribution is -2.26. The van der Waals surface area contributed by atoms with Crippen LogP contribution >= 0.6 is 34.8 Å². The van der Waals surface area contributed by atoms with Crippen LogP contribution in [0.3, 0.4) is 0 Å². The van der Waals surface area contributed by atoms with Crippen molar-refractivity contribution < 1.29 is 19.1 Å². The Bertz CT molecular complexity index is 1100. The molecule has 0 heterocycles. The lowest BCUT2D eigenvalue weighted by Gasteiger charge is -2.18. The fourth-order valence-corrected chi connectivity index (χ4v) is 3.57. The van der Waals surface area contributed by atoms with E-state index in [1.54, 1.807) is 54.6 Å². The number of amides is 1. The standard InChI is InChI=1S/C24H18Cl3NO4/c25-17-8-6-15(7-9-17)21(29)10-11-22(30)32-23(16-4-2-1-3-5-16)24(31)28-20-13-18(26)12-19(27)14-20/h1-9,12-14,23H,10-11H2,(H,28,31)/t23-/m1/s1. The zero-order chi connectivity index (χ0) is 23.1. The lowest BCUT2D eigenvalue weighted by atomic mass is 10.1. The molecule has 1 amide bonds. The molecule has 0 saturated carbocycles. The number of hydrogen-bond acceptors (Lipinski definition) is 4. The van der Waals surface area contributed by atoms with Crippen LogP contribution < -0.4 is 5.32 Å². The second kappa shape index (κ2) is 11.1. The number of esters is 1. The van der Waals surface area contributed by atoms with E-state index in [1.165, 1.54) is 18.2 Å². The van der Waals surface area contributed by atoms with Gasteiger partial charge in [0.25, 0.3) is 5.91 Å². The maximum atomic E-state index is 12.9. The van der Waals surface area contributed by atoms with E-state index in [1.807, 2.05) is 0 Å². The van der Waals surface area contributed by atoms with Crippen LogP contribution in [0.5, 0.6) is 0 Å². The summed E-state index contributed by atoms with van der Waals surface area (Å²) in [5, 5.41) is 3.87. The minimum Gasteiger partial charge on any atom is -0.447 e. The van der Waals surface area contributed by atoms with E-state index < -0.39 is 18.0 Å². The predicted octanol–water partition coefficient (Wildman–Crippen LogP) is 6.53. The Morgan fingerprint density at radius 1 is 0.781 bits per heavy atom. The first-order valence-electron chi connectivity index (χ1n) is 9.62. The first-order chi connectivity index (χ1) is 15.3. The predicted molar refractivity (Wildman–Crippen MR) is 125 cm³/mol. The average Bonchev–Trinajstić information content (AvgIpc) is 2.76. The Balaban J connectivity index is 1.68. The molecule has 0 fully saturated rings. The first kappa shape index (κ1) is 23.8. The molecule has 5 nitrogen and oxygen atoms in total. The normalized spacial score (nSPS) is 11.5. The van der Waals surface area contributed by atoms with Gasteiger partial charge >= 0.3 is 5.97 Å². The number of benzene rings is 3. The van der Waals surface area contributed by atoms with Crippen LogP contribution in [0.4, 0.5) is 5.69 Å². The van der Waals surface area contributed by atoms with Crippen molar-refractivity contribution >= 4 is 58.1 Å². The van der Waals surface area contributed by atoms with Gasteiger partial charge in [-0.1, -0.05) is 65.1 Å². The average molecular weight is 491 g/mol. The van der Waals surface area contributed by atoms with Gasteiger partial charge in [-0.3, -0.25) is 14.4 Å². The number of nitrogens with one attached hydrogen (secondary N) is 1.